The van der Waals surface area contributed by atoms with Crippen LogP contribution >= 0.6 is 0 Å². The summed E-state index contributed by atoms with van der Waals surface area (Å²) in [6.45, 7) is 10.7. The minimum Gasteiger partial charge on any atom is -0.371 e. The molecular formula is C22H32N4O2. The summed E-state index contributed by atoms with van der Waals surface area (Å²) in [6.07, 6.45) is 2.53. The fourth-order valence-corrected chi connectivity index (χ4v) is 4.68. The third-order valence-electron chi connectivity index (χ3n) is 6.49. The van der Waals surface area contributed by atoms with Crippen LogP contribution in [0.3, 0.4) is 0 Å². The zero-order valence-electron chi connectivity index (χ0n) is 17.1. The van der Waals surface area contributed by atoms with Crippen LogP contribution in [-0.2, 0) is 9.59 Å². The molecule has 0 radical (unpaired) electrons. The lowest BCUT2D eigenvalue weighted by molar-refractivity contribution is -0.136. The maximum atomic E-state index is 13.0. The van der Waals surface area contributed by atoms with E-state index in [9.17, 15) is 9.59 Å². The van der Waals surface area contributed by atoms with E-state index in [1.165, 1.54) is 0 Å². The Bertz CT molecular complexity index is 710. The summed E-state index contributed by atoms with van der Waals surface area (Å²) < 4.78 is 0. The summed E-state index contributed by atoms with van der Waals surface area (Å²) in [5.41, 5.74) is 2.14. The quantitative estimate of drug-likeness (QED) is 0.798. The lowest BCUT2D eigenvalue weighted by Crippen LogP contribution is -2.52. The average molecular weight is 385 g/mol. The van der Waals surface area contributed by atoms with Gasteiger partial charge < -0.3 is 14.7 Å². The minimum atomic E-state index is 0.102. The molecule has 4 rings (SSSR count). The van der Waals surface area contributed by atoms with Crippen molar-refractivity contribution in [3.63, 3.8) is 0 Å². The van der Waals surface area contributed by atoms with Crippen LogP contribution in [0.15, 0.2) is 24.3 Å². The van der Waals surface area contributed by atoms with Gasteiger partial charge in [0.1, 0.15) is 0 Å². The van der Waals surface area contributed by atoms with E-state index in [1.807, 2.05) is 17.0 Å². The van der Waals surface area contributed by atoms with Gasteiger partial charge in [-0.1, -0.05) is 0 Å². The minimum absolute atomic E-state index is 0.102. The highest BCUT2D eigenvalue weighted by Gasteiger charge is 2.33. The molecule has 0 N–H and O–H groups in total. The lowest BCUT2D eigenvalue weighted by atomic mass is 10.1. The van der Waals surface area contributed by atoms with Gasteiger partial charge in [0.2, 0.25) is 11.8 Å². The van der Waals surface area contributed by atoms with Crippen molar-refractivity contribution in [1.82, 2.24) is 9.80 Å². The first kappa shape index (κ1) is 19.2. The van der Waals surface area contributed by atoms with Gasteiger partial charge in [0.15, 0.2) is 0 Å². The smallest absolute Gasteiger partial charge is 0.227 e. The molecule has 152 valence electrons. The summed E-state index contributed by atoms with van der Waals surface area (Å²) in [6, 6.07) is 8.82. The monoisotopic (exact) mass is 384 g/mol. The molecule has 0 spiro atoms. The molecule has 28 heavy (non-hydrogen) atoms. The van der Waals surface area contributed by atoms with Crippen LogP contribution in [0.1, 0.15) is 33.1 Å². The van der Waals surface area contributed by atoms with Crippen LogP contribution in [0.5, 0.6) is 0 Å². The molecule has 3 saturated heterocycles. The number of anilines is 2. The second kappa shape index (κ2) is 8.11. The average Bonchev–Trinajstić information content (AvgIpc) is 3.37. The van der Waals surface area contributed by atoms with E-state index in [1.54, 1.807) is 0 Å². The molecule has 6 nitrogen and oxygen atoms in total. The number of hydrogen-bond donors (Lipinski definition) is 0. The van der Waals surface area contributed by atoms with E-state index in [0.29, 0.717) is 18.4 Å². The lowest BCUT2D eigenvalue weighted by Gasteiger charge is -2.37. The van der Waals surface area contributed by atoms with Crippen LogP contribution in [0, 0.1) is 5.92 Å². The van der Waals surface area contributed by atoms with E-state index in [-0.39, 0.29) is 11.8 Å². The number of rotatable bonds is 4. The first-order chi connectivity index (χ1) is 13.5. The molecule has 0 saturated carbocycles. The van der Waals surface area contributed by atoms with Crippen molar-refractivity contribution in [3.8, 4) is 0 Å². The number of piperazine rings is 1. The van der Waals surface area contributed by atoms with Crippen molar-refractivity contribution in [3.05, 3.63) is 24.3 Å². The fraction of sp³-hybridized carbons (Fsp3) is 0.636. The zero-order chi connectivity index (χ0) is 19.7. The van der Waals surface area contributed by atoms with E-state index in [0.717, 1.165) is 70.0 Å². The van der Waals surface area contributed by atoms with Gasteiger partial charge in [-0.2, -0.15) is 0 Å². The number of benzene rings is 1. The molecule has 3 aliphatic heterocycles. The van der Waals surface area contributed by atoms with Crippen molar-refractivity contribution in [2.45, 2.75) is 39.2 Å². The van der Waals surface area contributed by atoms with Crippen LogP contribution in [0.4, 0.5) is 11.4 Å². The van der Waals surface area contributed by atoms with Crippen LogP contribution in [0.2, 0.25) is 0 Å². The number of carbonyl (C=O) groups excluding carboxylic acids is 2. The Kier molecular flexibility index (Phi) is 5.58. The second-order valence-electron chi connectivity index (χ2n) is 8.55. The Balaban J connectivity index is 1.32. The van der Waals surface area contributed by atoms with Gasteiger partial charge in [0, 0.05) is 69.7 Å². The second-order valence-corrected chi connectivity index (χ2v) is 8.55. The maximum absolute atomic E-state index is 13.0. The van der Waals surface area contributed by atoms with Crippen molar-refractivity contribution in [2.24, 2.45) is 5.92 Å². The van der Waals surface area contributed by atoms with Gasteiger partial charge in [-0.3, -0.25) is 14.5 Å². The molecule has 1 aromatic carbocycles. The van der Waals surface area contributed by atoms with Gasteiger partial charge in [-0.25, -0.2) is 0 Å². The Morgan fingerprint density at radius 3 is 2.25 bits per heavy atom. The molecule has 0 bridgehead atoms. The Labute approximate surface area is 168 Å². The number of amides is 2. The first-order valence-corrected chi connectivity index (χ1v) is 10.7. The van der Waals surface area contributed by atoms with Crippen molar-refractivity contribution >= 4 is 23.2 Å². The van der Waals surface area contributed by atoms with Crippen LogP contribution < -0.4 is 9.80 Å². The van der Waals surface area contributed by atoms with Crippen LogP contribution in [-0.4, -0.2) is 73.5 Å². The highest BCUT2D eigenvalue weighted by Crippen LogP contribution is 2.29. The molecule has 0 aliphatic carbocycles. The largest absolute Gasteiger partial charge is 0.371 e. The van der Waals surface area contributed by atoms with Gasteiger partial charge in [0.25, 0.3) is 0 Å². The van der Waals surface area contributed by atoms with Crippen molar-refractivity contribution in [1.29, 1.82) is 0 Å². The van der Waals surface area contributed by atoms with E-state index in [4.69, 9.17) is 0 Å². The Hall–Kier alpha value is -2.08. The van der Waals surface area contributed by atoms with E-state index in [2.05, 4.69) is 40.7 Å². The zero-order valence-corrected chi connectivity index (χ0v) is 17.1. The molecule has 3 aliphatic rings. The van der Waals surface area contributed by atoms with Gasteiger partial charge in [-0.05, 0) is 51.0 Å². The first-order valence-electron chi connectivity index (χ1n) is 10.7. The molecule has 3 fully saturated rings. The Morgan fingerprint density at radius 2 is 1.64 bits per heavy atom. The van der Waals surface area contributed by atoms with Crippen molar-refractivity contribution in [2.75, 3.05) is 55.6 Å². The molecule has 1 aromatic rings. The van der Waals surface area contributed by atoms with Gasteiger partial charge in [-0.15, -0.1) is 0 Å². The van der Waals surface area contributed by atoms with Crippen LogP contribution in [0.25, 0.3) is 0 Å². The summed E-state index contributed by atoms with van der Waals surface area (Å²) in [5.74, 6) is 0.646. The van der Waals surface area contributed by atoms with Gasteiger partial charge in [0.05, 0.1) is 5.92 Å². The number of carbonyl (C=O) groups is 2. The molecule has 3 heterocycles. The van der Waals surface area contributed by atoms with Crippen molar-refractivity contribution < 1.29 is 9.59 Å². The summed E-state index contributed by atoms with van der Waals surface area (Å²) in [7, 11) is 0. The standard InChI is InChI=1S/C22H32N4O2/c1-17(2)23-12-14-24(15-13-23)22(28)18-9-11-25(16-18)19-5-7-20(8-6-19)26-10-3-4-21(26)27/h5-8,17-18H,3-4,9-16H2,1-2H3/t18-/m0/s1. The molecule has 0 unspecified atom stereocenters. The predicted molar refractivity (Wildman–Crippen MR) is 112 cm³/mol. The maximum Gasteiger partial charge on any atom is 0.227 e. The molecule has 0 aromatic heterocycles. The molecule has 2 amide bonds. The predicted octanol–water partition coefficient (Wildman–Crippen LogP) is 2.19. The highest BCUT2D eigenvalue weighted by molar-refractivity contribution is 5.95. The normalized spacial score (nSPS) is 23.9. The Morgan fingerprint density at radius 1 is 0.964 bits per heavy atom. The SMILES string of the molecule is CC(C)N1CCN(C(=O)[C@H]2CCN(c3ccc(N4CCCC4=O)cc3)C2)CC1. The third kappa shape index (κ3) is 3.88. The topological polar surface area (TPSA) is 47.1 Å². The molecule has 6 heteroatoms. The highest BCUT2D eigenvalue weighted by atomic mass is 16.2. The third-order valence-corrected chi connectivity index (χ3v) is 6.49. The van der Waals surface area contributed by atoms with Gasteiger partial charge >= 0.3 is 0 Å². The number of nitrogens with zero attached hydrogens (tertiary/aromatic N) is 4. The summed E-state index contributed by atoms with van der Waals surface area (Å²) in [4.78, 5) is 33.6. The summed E-state index contributed by atoms with van der Waals surface area (Å²) >= 11 is 0. The summed E-state index contributed by atoms with van der Waals surface area (Å²) in [5, 5.41) is 0. The fourth-order valence-electron chi connectivity index (χ4n) is 4.68. The number of hydrogen-bond acceptors (Lipinski definition) is 4. The molecule has 1 atom stereocenters. The molecular weight excluding hydrogens is 352 g/mol. The van der Waals surface area contributed by atoms with E-state index >= 15 is 0 Å². The van der Waals surface area contributed by atoms with E-state index < -0.39 is 0 Å².